The van der Waals surface area contributed by atoms with Gasteiger partial charge >= 0.3 is 0 Å². The van der Waals surface area contributed by atoms with E-state index in [9.17, 15) is 8.42 Å². The third-order valence-corrected chi connectivity index (χ3v) is 6.81. The van der Waals surface area contributed by atoms with E-state index < -0.39 is 10.0 Å². The van der Waals surface area contributed by atoms with Gasteiger partial charge in [0, 0.05) is 19.7 Å². The number of hydrogen-bond acceptors (Lipinski definition) is 4. The van der Waals surface area contributed by atoms with E-state index in [-0.39, 0.29) is 6.10 Å². The van der Waals surface area contributed by atoms with Crippen LogP contribution in [0.4, 0.5) is 0 Å². The molecule has 4 nitrogen and oxygen atoms in total. The van der Waals surface area contributed by atoms with Gasteiger partial charge in [-0.15, -0.1) is 11.3 Å². The molecule has 1 aliphatic heterocycles. The minimum Gasteiger partial charge on any atom is -0.378 e. The first kappa shape index (κ1) is 16.2. The number of rotatable bonds is 5. The van der Waals surface area contributed by atoms with E-state index in [0.717, 1.165) is 30.8 Å². The van der Waals surface area contributed by atoms with Gasteiger partial charge in [-0.1, -0.05) is 25.4 Å². The molecule has 1 aromatic rings. The monoisotopic (exact) mass is 337 g/mol. The standard InChI is InChI=1S/C13H20ClNO3S2/c1-10(2)9-18-11-5-7-15(8-6-11)20(16,17)13-4-3-12(14)19-13/h3-4,10-11H,5-9H2,1-2H3. The molecule has 0 radical (unpaired) electrons. The molecule has 0 aliphatic carbocycles. The van der Waals surface area contributed by atoms with Crippen molar-refractivity contribution >= 4 is 33.0 Å². The Kier molecular flexibility index (Phi) is 5.48. The molecular weight excluding hydrogens is 318 g/mol. The molecular formula is C13H20ClNO3S2. The van der Waals surface area contributed by atoms with Crippen molar-refractivity contribution in [2.24, 2.45) is 5.92 Å². The summed E-state index contributed by atoms with van der Waals surface area (Å²) in [4.78, 5) is 0. The third kappa shape index (κ3) is 3.95. The molecule has 114 valence electrons. The van der Waals surface area contributed by atoms with Crippen LogP contribution in [-0.4, -0.2) is 38.5 Å². The van der Waals surface area contributed by atoms with Gasteiger partial charge in [-0.3, -0.25) is 0 Å². The number of hydrogen-bond donors (Lipinski definition) is 0. The fourth-order valence-corrected chi connectivity index (χ4v) is 5.24. The van der Waals surface area contributed by atoms with Gasteiger partial charge in [-0.05, 0) is 30.9 Å². The molecule has 1 aromatic heterocycles. The van der Waals surface area contributed by atoms with E-state index >= 15 is 0 Å². The smallest absolute Gasteiger partial charge is 0.252 e. The number of nitrogens with zero attached hydrogens (tertiary/aromatic N) is 1. The number of sulfonamides is 1. The summed E-state index contributed by atoms with van der Waals surface area (Å²) in [5.41, 5.74) is 0. The topological polar surface area (TPSA) is 46.6 Å². The van der Waals surface area contributed by atoms with Gasteiger partial charge < -0.3 is 4.74 Å². The molecule has 0 bridgehead atoms. The summed E-state index contributed by atoms with van der Waals surface area (Å²) >= 11 is 6.92. The highest BCUT2D eigenvalue weighted by atomic mass is 35.5. The summed E-state index contributed by atoms with van der Waals surface area (Å²) in [6, 6.07) is 3.20. The fraction of sp³-hybridized carbons (Fsp3) is 0.692. The molecule has 2 heterocycles. The van der Waals surface area contributed by atoms with E-state index in [4.69, 9.17) is 16.3 Å². The van der Waals surface area contributed by atoms with Crippen LogP contribution in [0.2, 0.25) is 4.34 Å². The number of halogens is 1. The first-order chi connectivity index (χ1) is 9.39. The van der Waals surface area contributed by atoms with Crippen molar-refractivity contribution in [1.82, 2.24) is 4.31 Å². The molecule has 20 heavy (non-hydrogen) atoms. The van der Waals surface area contributed by atoms with Crippen molar-refractivity contribution in [3.63, 3.8) is 0 Å². The maximum atomic E-state index is 12.4. The summed E-state index contributed by atoms with van der Waals surface area (Å²) in [6.07, 6.45) is 1.69. The zero-order valence-electron chi connectivity index (χ0n) is 11.7. The first-order valence-electron chi connectivity index (χ1n) is 6.76. The van der Waals surface area contributed by atoms with Crippen molar-refractivity contribution in [2.45, 2.75) is 37.0 Å². The molecule has 0 spiro atoms. The average molecular weight is 338 g/mol. The van der Waals surface area contributed by atoms with Gasteiger partial charge in [0.05, 0.1) is 10.4 Å². The van der Waals surface area contributed by atoms with Gasteiger partial charge in [0.15, 0.2) is 0 Å². The molecule has 7 heteroatoms. The Bertz CT molecular complexity index is 534. The van der Waals surface area contributed by atoms with E-state index in [1.54, 1.807) is 12.1 Å². The SMILES string of the molecule is CC(C)COC1CCN(S(=O)(=O)c2ccc(Cl)s2)CC1. The number of thiophene rings is 1. The van der Waals surface area contributed by atoms with Crippen molar-refractivity contribution in [3.05, 3.63) is 16.5 Å². The molecule has 2 rings (SSSR count). The largest absolute Gasteiger partial charge is 0.378 e. The molecule has 1 aliphatic rings. The second kappa shape index (κ2) is 6.75. The third-order valence-electron chi connectivity index (χ3n) is 3.21. The van der Waals surface area contributed by atoms with Crippen LogP contribution in [0.1, 0.15) is 26.7 Å². The Morgan fingerprint density at radius 2 is 2.05 bits per heavy atom. The quantitative estimate of drug-likeness (QED) is 0.828. The highest BCUT2D eigenvalue weighted by molar-refractivity contribution is 7.91. The summed E-state index contributed by atoms with van der Waals surface area (Å²) in [5.74, 6) is 0.505. The van der Waals surface area contributed by atoms with Gasteiger partial charge in [-0.2, -0.15) is 4.31 Å². The van der Waals surface area contributed by atoms with Crippen LogP contribution in [0.15, 0.2) is 16.3 Å². The molecule has 1 saturated heterocycles. The minimum absolute atomic E-state index is 0.177. The van der Waals surface area contributed by atoms with Crippen molar-refractivity contribution < 1.29 is 13.2 Å². The lowest BCUT2D eigenvalue weighted by atomic mass is 10.1. The molecule has 0 amide bonds. The predicted octanol–water partition coefficient (Wildman–Crippen LogP) is 3.23. The summed E-state index contributed by atoms with van der Waals surface area (Å²) < 4.78 is 32.9. The van der Waals surface area contributed by atoms with Gasteiger partial charge in [0.1, 0.15) is 4.21 Å². The predicted molar refractivity (Wildman–Crippen MR) is 81.9 cm³/mol. The van der Waals surface area contributed by atoms with E-state index in [0.29, 0.717) is 27.6 Å². The molecule has 0 unspecified atom stereocenters. The fourth-order valence-electron chi connectivity index (χ4n) is 2.13. The van der Waals surface area contributed by atoms with E-state index in [1.807, 2.05) is 0 Å². The average Bonchev–Trinajstić information content (AvgIpc) is 2.84. The lowest BCUT2D eigenvalue weighted by Gasteiger charge is -2.31. The van der Waals surface area contributed by atoms with Crippen LogP contribution >= 0.6 is 22.9 Å². The molecule has 0 atom stereocenters. The van der Waals surface area contributed by atoms with E-state index in [1.165, 1.54) is 4.31 Å². The normalized spacial score (nSPS) is 18.8. The Labute approximate surface area is 129 Å². The van der Waals surface area contributed by atoms with Crippen LogP contribution in [0.5, 0.6) is 0 Å². The van der Waals surface area contributed by atoms with Gasteiger partial charge in [-0.25, -0.2) is 8.42 Å². The Balaban J connectivity index is 1.93. The highest BCUT2D eigenvalue weighted by Gasteiger charge is 2.30. The van der Waals surface area contributed by atoms with Crippen LogP contribution in [0.3, 0.4) is 0 Å². The van der Waals surface area contributed by atoms with Crippen molar-refractivity contribution in [1.29, 1.82) is 0 Å². The second-order valence-electron chi connectivity index (χ2n) is 5.39. The maximum absolute atomic E-state index is 12.4. The summed E-state index contributed by atoms with van der Waals surface area (Å²) in [5, 5.41) is 0. The molecule has 1 fully saturated rings. The Morgan fingerprint density at radius 1 is 1.40 bits per heavy atom. The lowest BCUT2D eigenvalue weighted by Crippen LogP contribution is -2.40. The van der Waals surface area contributed by atoms with Crippen molar-refractivity contribution in [2.75, 3.05) is 19.7 Å². The molecule has 0 saturated carbocycles. The van der Waals surface area contributed by atoms with Gasteiger partial charge in [0.25, 0.3) is 10.0 Å². The van der Waals surface area contributed by atoms with Crippen LogP contribution in [0, 0.1) is 5.92 Å². The number of ether oxygens (including phenoxy) is 1. The van der Waals surface area contributed by atoms with Crippen LogP contribution < -0.4 is 0 Å². The zero-order valence-corrected chi connectivity index (χ0v) is 14.1. The maximum Gasteiger partial charge on any atom is 0.252 e. The summed E-state index contributed by atoms with van der Waals surface area (Å²) in [6.45, 7) is 5.99. The highest BCUT2D eigenvalue weighted by Crippen LogP contribution is 2.29. The Hall–Kier alpha value is -0.140. The van der Waals surface area contributed by atoms with Crippen LogP contribution in [0.25, 0.3) is 0 Å². The van der Waals surface area contributed by atoms with Crippen molar-refractivity contribution in [3.8, 4) is 0 Å². The summed E-state index contributed by atoms with van der Waals surface area (Å²) in [7, 11) is -3.38. The molecule has 0 N–H and O–H groups in total. The lowest BCUT2D eigenvalue weighted by molar-refractivity contribution is 0.00751. The van der Waals surface area contributed by atoms with Crippen LogP contribution in [-0.2, 0) is 14.8 Å². The zero-order chi connectivity index (χ0) is 14.8. The first-order valence-corrected chi connectivity index (χ1v) is 9.40. The Morgan fingerprint density at radius 3 is 2.55 bits per heavy atom. The van der Waals surface area contributed by atoms with E-state index in [2.05, 4.69) is 13.8 Å². The molecule has 0 aromatic carbocycles. The minimum atomic E-state index is -3.38. The number of piperidine rings is 1. The van der Waals surface area contributed by atoms with Gasteiger partial charge in [0.2, 0.25) is 0 Å². The second-order valence-corrected chi connectivity index (χ2v) is 9.27.